The van der Waals surface area contributed by atoms with E-state index in [0.717, 1.165) is 16.6 Å². The molecule has 1 N–H and O–H groups in total. The molecular weight excluding hydrogens is 450 g/mol. The number of methoxy groups -OCH3 is 1. The number of nitrogens with one attached hydrogen (secondary N) is 1. The Balaban J connectivity index is 1.30. The van der Waals surface area contributed by atoms with Crippen molar-refractivity contribution in [1.29, 1.82) is 0 Å². The molecule has 8 nitrogen and oxygen atoms in total. The summed E-state index contributed by atoms with van der Waals surface area (Å²) < 4.78 is 11.4. The van der Waals surface area contributed by atoms with Crippen molar-refractivity contribution in [3.8, 4) is 22.3 Å². The van der Waals surface area contributed by atoms with Crippen molar-refractivity contribution in [2.75, 3.05) is 12.4 Å². The van der Waals surface area contributed by atoms with Crippen LogP contribution in [0.4, 0.5) is 5.69 Å². The van der Waals surface area contributed by atoms with Crippen LogP contribution in [0.2, 0.25) is 0 Å². The van der Waals surface area contributed by atoms with E-state index < -0.39 is 0 Å². The molecular formula is C25H19N5O3S. The summed E-state index contributed by atoms with van der Waals surface area (Å²) in [5.41, 5.74) is 2.26. The van der Waals surface area contributed by atoms with Crippen LogP contribution in [0, 0.1) is 0 Å². The number of carbonyl (C=O) groups excluding carboxylic acids is 1. The molecule has 0 aliphatic carbocycles. The molecule has 34 heavy (non-hydrogen) atoms. The van der Waals surface area contributed by atoms with Gasteiger partial charge in [-0.15, -0.1) is 11.3 Å². The molecule has 1 amide bonds. The van der Waals surface area contributed by atoms with Gasteiger partial charge in [-0.1, -0.05) is 24.3 Å². The normalized spacial score (nSPS) is 10.7. The number of pyridine rings is 1. The predicted molar refractivity (Wildman–Crippen MR) is 130 cm³/mol. The summed E-state index contributed by atoms with van der Waals surface area (Å²) in [6, 6.07) is 18.8. The lowest BCUT2D eigenvalue weighted by atomic mass is 10.2. The van der Waals surface area contributed by atoms with Crippen molar-refractivity contribution in [3.63, 3.8) is 0 Å². The van der Waals surface area contributed by atoms with Gasteiger partial charge in [0.25, 0.3) is 5.91 Å². The molecule has 0 bridgehead atoms. The van der Waals surface area contributed by atoms with E-state index in [1.54, 1.807) is 43.8 Å². The molecule has 0 radical (unpaired) electrons. The van der Waals surface area contributed by atoms with Crippen molar-refractivity contribution in [2.24, 2.45) is 0 Å². The number of anilines is 1. The first kappa shape index (κ1) is 21.5. The van der Waals surface area contributed by atoms with Crippen LogP contribution in [-0.2, 0) is 6.61 Å². The number of nitrogens with zero attached hydrogens (tertiary/aromatic N) is 4. The third-order valence-corrected chi connectivity index (χ3v) is 5.93. The van der Waals surface area contributed by atoms with Crippen LogP contribution in [0.25, 0.3) is 21.7 Å². The fourth-order valence-electron chi connectivity index (χ4n) is 3.29. The lowest BCUT2D eigenvalue weighted by molar-refractivity contribution is 0.103. The van der Waals surface area contributed by atoms with Gasteiger partial charge in [-0.3, -0.25) is 4.79 Å². The summed E-state index contributed by atoms with van der Waals surface area (Å²) in [7, 11) is 1.57. The van der Waals surface area contributed by atoms with Gasteiger partial charge in [0.15, 0.2) is 22.3 Å². The summed E-state index contributed by atoms with van der Waals surface area (Å²) in [6.45, 7) is 0.258. The molecule has 168 valence electrons. The number of para-hydroxylation sites is 1. The molecule has 9 heteroatoms. The number of ether oxygens (including phenoxy) is 2. The fraction of sp³-hybridized carbons (Fsp3) is 0.0800. The summed E-state index contributed by atoms with van der Waals surface area (Å²) in [4.78, 5) is 30.4. The minimum absolute atomic E-state index is 0.258. The summed E-state index contributed by atoms with van der Waals surface area (Å²) >= 11 is 1.22. The van der Waals surface area contributed by atoms with E-state index >= 15 is 0 Å². The zero-order valence-corrected chi connectivity index (χ0v) is 19.0. The van der Waals surface area contributed by atoms with Crippen LogP contribution in [0.15, 0.2) is 79.3 Å². The van der Waals surface area contributed by atoms with E-state index in [1.165, 1.54) is 17.5 Å². The first-order chi connectivity index (χ1) is 16.7. The molecule has 0 spiro atoms. The Morgan fingerprint density at radius 1 is 0.971 bits per heavy atom. The second-order valence-electron chi connectivity index (χ2n) is 7.21. The van der Waals surface area contributed by atoms with E-state index in [2.05, 4.69) is 25.3 Å². The number of hydrogen-bond donors (Lipinski definition) is 1. The topological polar surface area (TPSA) is 99.1 Å². The number of amides is 1. The van der Waals surface area contributed by atoms with Crippen LogP contribution < -0.4 is 14.8 Å². The van der Waals surface area contributed by atoms with Crippen LogP contribution in [0.1, 0.15) is 15.4 Å². The van der Waals surface area contributed by atoms with Gasteiger partial charge in [0.1, 0.15) is 11.5 Å². The van der Waals surface area contributed by atoms with Crippen molar-refractivity contribution in [1.82, 2.24) is 19.9 Å². The minimum atomic E-state index is -0.285. The maximum Gasteiger partial charge on any atom is 0.267 e. The number of aromatic nitrogens is 4. The van der Waals surface area contributed by atoms with E-state index in [4.69, 9.17) is 9.47 Å². The molecule has 0 aliphatic rings. The second kappa shape index (κ2) is 9.63. The lowest BCUT2D eigenvalue weighted by Crippen LogP contribution is -2.10. The van der Waals surface area contributed by atoms with E-state index in [-0.39, 0.29) is 12.5 Å². The molecule has 0 unspecified atom stereocenters. The van der Waals surface area contributed by atoms with Crippen molar-refractivity contribution >= 4 is 33.8 Å². The highest BCUT2D eigenvalue weighted by molar-refractivity contribution is 7.16. The molecule has 2 aromatic carbocycles. The molecule has 5 rings (SSSR count). The van der Waals surface area contributed by atoms with Crippen molar-refractivity contribution in [2.45, 2.75) is 6.61 Å². The highest BCUT2D eigenvalue weighted by Gasteiger charge is 2.15. The average molecular weight is 470 g/mol. The van der Waals surface area contributed by atoms with E-state index in [0.29, 0.717) is 32.9 Å². The largest absolute Gasteiger partial charge is 0.493 e. The summed E-state index contributed by atoms with van der Waals surface area (Å²) in [5.74, 6) is 1.25. The Morgan fingerprint density at radius 2 is 1.82 bits per heavy atom. The Bertz CT molecular complexity index is 1460. The number of fused-ring (bicyclic) bond motifs is 1. The Morgan fingerprint density at radius 3 is 2.68 bits per heavy atom. The van der Waals surface area contributed by atoms with Gasteiger partial charge < -0.3 is 14.8 Å². The lowest BCUT2D eigenvalue weighted by Gasteiger charge is -2.13. The molecule has 3 heterocycles. The summed E-state index contributed by atoms with van der Waals surface area (Å²) in [6.07, 6.45) is 4.78. The highest BCUT2D eigenvalue weighted by atomic mass is 32.1. The molecule has 5 aromatic rings. The average Bonchev–Trinajstić information content (AvgIpc) is 3.39. The Kier molecular flexibility index (Phi) is 6.09. The molecule has 0 saturated carbocycles. The molecule has 0 aliphatic heterocycles. The van der Waals surface area contributed by atoms with Gasteiger partial charge in [-0.25, -0.2) is 19.9 Å². The monoisotopic (exact) mass is 469 g/mol. The number of hydrogen-bond acceptors (Lipinski definition) is 8. The van der Waals surface area contributed by atoms with Gasteiger partial charge >= 0.3 is 0 Å². The van der Waals surface area contributed by atoms with Crippen LogP contribution in [0.3, 0.4) is 0 Å². The number of benzene rings is 2. The van der Waals surface area contributed by atoms with Gasteiger partial charge in [0.2, 0.25) is 0 Å². The minimum Gasteiger partial charge on any atom is -0.493 e. The zero-order chi connectivity index (χ0) is 23.3. The molecule has 0 atom stereocenters. The number of carbonyl (C=O) groups is 1. The fourth-order valence-corrected chi connectivity index (χ4v) is 4.05. The Hall–Kier alpha value is -4.37. The SMILES string of the molecule is COc1ccc(NC(=O)c2cnc(-c3ncccn3)s2)cc1OCc1ccc2ccccc2n1. The van der Waals surface area contributed by atoms with Gasteiger partial charge in [-0.2, -0.15) is 0 Å². The second-order valence-corrected chi connectivity index (χ2v) is 8.24. The van der Waals surface area contributed by atoms with Gasteiger partial charge in [0.05, 0.1) is 24.5 Å². The predicted octanol–water partition coefficient (Wildman–Crippen LogP) is 4.99. The summed E-state index contributed by atoms with van der Waals surface area (Å²) in [5, 5.41) is 4.52. The number of thiazole rings is 1. The smallest absolute Gasteiger partial charge is 0.267 e. The van der Waals surface area contributed by atoms with Crippen LogP contribution in [0.5, 0.6) is 11.5 Å². The van der Waals surface area contributed by atoms with Gasteiger partial charge in [0, 0.05) is 29.5 Å². The highest BCUT2D eigenvalue weighted by Crippen LogP contribution is 2.31. The number of rotatable bonds is 7. The maximum atomic E-state index is 12.8. The third kappa shape index (κ3) is 4.69. The molecule has 0 saturated heterocycles. The van der Waals surface area contributed by atoms with Crippen LogP contribution in [-0.4, -0.2) is 33.0 Å². The standard InChI is InChI=1S/C25H19N5O3S/c1-32-20-10-9-17(30-24(31)22-14-28-25(34-22)23-26-11-4-12-27-23)13-21(20)33-15-18-8-7-16-5-2-3-6-19(16)29-18/h2-14H,15H2,1H3,(H,30,31). The molecule has 3 aromatic heterocycles. The van der Waals surface area contributed by atoms with E-state index in [1.807, 2.05) is 36.4 Å². The van der Waals surface area contributed by atoms with Gasteiger partial charge in [-0.05, 0) is 30.3 Å². The van der Waals surface area contributed by atoms with E-state index in [9.17, 15) is 4.79 Å². The quantitative estimate of drug-likeness (QED) is 0.359. The first-order valence-corrected chi connectivity index (χ1v) is 11.2. The first-order valence-electron chi connectivity index (χ1n) is 10.4. The van der Waals surface area contributed by atoms with Crippen molar-refractivity contribution < 1.29 is 14.3 Å². The molecule has 0 fully saturated rings. The Labute approximate surface area is 199 Å². The van der Waals surface area contributed by atoms with Crippen molar-refractivity contribution in [3.05, 3.63) is 89.8 Å². The van der Waals surface area contributed by atoms with Crippen LogP contribution >= 0.6 is 11.3 Å². The third-order valence-electron chi connectivity index (χ3n) is 4.94. The maximum absolute atomic E-state index is 12.8. The zero-order valence-electron chi connectivity index (χ0n) is 18.1.